The van der Waals surface area contributed by atoms with Crippen molar-refractivity contribution in [1.29, 1.82) is 0 Å². The van der Waals surface area contributed by atoms with Crippen LogP contribution >= 0.6 is 11.6 Å². The summed E-state index contributed by atoms with van der Waals surface area (Å²) in [7, 11) is 0. The maximum absolute atomic E-state index is 12.3. The molecule has 0 saturated heterocycles. The molecular weight excluding hydrogens is 364 g/mol. The minimum atomic E-state index is -0.537. The van der Waals surface area contributed by atoms with Crippen LogP contribution in [0.1, 0.15) is 34.2 Å². The average molecular weight is 379 g/mol. The van der Waals surface area contributed by atoms with Gasteiger partial charge < -0.3 is 0 Å². The monoisotopic (exact) mass is 378 g/mol. The molecule has 1 aliphatic heterocycles. The average Bonchev–Trinajstić information content (AvgIpc) is 3.00. The molecule has 2 heterocycles. The molecule has 0 spiro atoms. The molecule has 0 unspecified atom stereocenters. The first-order valence-corrected chi connectivity index (χ1v) is 8.71. The SMILES string of the molecule is CC(=O)NC(=O)c1ncn2c1CN=C(c1ccccc1Cl)c1ccccc1-2. The van der Waals surface area contributed by atoms with E-state index in [9.17, 15) is 9.59 Å². The molecule has 7 heteroatoms. The van der Waals surface area contributed by atoms with Gasteiger partial charge in [0, 0.05) is 23.1 Å². The number of aromatic nitrogens is 2. The van der Waals surface area contributed by atoms with Crippen molar-refractivity contribution in [3.8, 4) is 5.69 Å². The normalized spacial score (nSPS) is 12.4. The number of hydrogen-bond donors (Lipinski definition) is 1. The lowest BCUT2D eigenvalue weighted by atomic mass is 10.0. The Hall–Kier alpha value is -3.25. The van der Waals surface area contributed by atoms with E-state index >= 15 is 0 Å². The van der Waals surface area contributed by atoms with Crippen molar-refractivity contribution in [3.63, 3.8) is 0 Å². The van der Waals surface area contributed by atoms with E-state index in [1.807, 2.05) is 53.1 Å². The number of halogens is 1. The fourth-order valence-electron chi connectivity index (χ4n) is 3.15. The molecule has 27 heavy (non-hydrogen) atoms. The Kier molecular flexibility index (Phi) is 4.33. The number of aliphatic imine (C=N–C) groups is 1. The van der Waals surface area contributed by atoms with Gasteiger partial charge >= 0.3 is 0 Å². The van der Waals surface area contributed by atoms with Crippen molar-refractivity contribution >= 4 is 29.1 Å². The number of imidazole rings is 1. The molecule has 3 aromatic rings. The van der Waals surface area contributed by atoms with E-state index in [-0.39, 0.29) is 12.2 Å². The third-order valence-electron chi connectivity index (χ3n) is 4.31. The Bertz CT molecular complexity index is 1100. The molecule has 2 amide bonds. The number of nitrogens with one attached hydrogen (secondary N) is 1. The maximum atomic E-state index is 12.3. The molecule has 2 aromatic carbocycles. The molecule has 0 bridgehead atoms. The van der Waals surface area contributed by atoms with Crippen LogP contribution in [-0.2, 0) is 11.3 Å². The second kappa shape index (κ2) is 6.81. The van der Waals surface area contributed by atoms with Gasteiger partial charge in [0.1, 0.15) is 6.33 Å². The van der Waals surface area contributed by atoms with Gasteiger partial charge in [0.2, 0.25) is 5.91 Å². The van der Waals surface area contributed by atoms with Crippen LogP contribution in [0.5, 0.6) is 0 Å². The summed E-state index contributed by atoms with van der Waals surface area (Å²) in [5.41, 5.74) is 4.10. The second-order valence-corrected chi connectivity index (χ2v) is 6.49. The Balaban J connectivity index is 1.89. The second-order valence-electron chi connectivity index (χ2n) is 6.08. The first-order valence-electron chi connectivity index (χ1n) is 8.33. The van der Waals surface area contributed by atoms with E-state index in [4.69, 9.17) is 16.6 Å². The lowest BCUT2D eigenvalue weighted by molar-refractivity contribution is -0.118. The summed E-state index contributed by atoms with van der Waals surface area (Å²) in [6, 6.07) is 15.2. The van der Waals surface area contributed by atoms with Crippen LogP contribution in [0, 0.1) is 0 Å². The minimum Gasteiger partial charge on any atom is -0.300 e. The third kappa shape index (κ3) is 3.04. The van der Waals surface area contributed by atoms with Crippen LogP contribution < -0.4 is 5.32 Å². The van der Waals surface area contributed by atoms with E-state index < -0.39 is 11.8 Å². The van der Waals surface area contributed by atoms with Crippen molar-refractivity contribution in [2.75, 3.05) is 0 Å². The number of fused-ring (bicyclic) bond motifs is 3. The summed E-state index contributed by atoms with van der Waals surface area (Å²) in [4.78, 5) is 32.5. The number of carbonyl (C=O) groups is 2. The highest BCUT2D eigenvalue weighted by atomic mass is 35.5. The summed E-state index contributed by atoms with van der Waals surface area (Å²) < 4.78 is 1.83. The lowest BCUT2D eigenvalue weighted by Gasteiger charge is -2.12. The van der Waals surface area contributed by atoms with Crippen LogP contribution in [-0.4, -0.2) is 27.1 Å². The molecular formula is C20H15ClN4O2. The van der Waals surface area contributed by atoms with E-state index in [1.165, 1.54) is 6.92 Å². The Labute approximate surface area is 160 Å². The zero-order valence-corrected chi connectivity index (χ0v) is 15.2. The van der Waals surface area contributed by atoms with Crippen LogP contribution in [0.15, 0.2) is 59.9 Å². The van der Waals surface area contributed by atoms with Crippen molar-refractivity contribution in [1.82, 2.24) is 14.9 Å². The molecule has 0 saturated carbocycles. The van der Waals surface area contributed by atoms with Crippen molar-refractivity contribution in [2.24, 2.45) is 4.99 Å². The Morgan fingerprint density at radius 2 is 1.78 bits per heavy atom. The van der Waals surface area contributed by atoms with Crippen LogP contribution in [0.25, 0.3) is 5.69 Å². The number of carbonyl (C=O) groups excluding carboxylic acids is 2. The molecule has 134 valence electrons. The lowest BCUT2D eigenvalue weighted by Crippen LogP contribution is -2.29. The highest BCUT2D eigenvalue weighted by Gasteiger charge is 2.25. The van der Waals surface area contributed by atoms with E-state index in [2.05, 4.69) is 10.3 Å². The summed E-state index contributed by atoms with van der Waals surface area (Å²) >= 11 is 6.40. The largest absolute Gasteiger partial charge is 0.300 e. The molecule has 1 aliphatic rings. The summed E-state index contributed by atoms with van der Waals surface area (Å²) in [5.74, 6) is -0.971. The number of imide groups is 1. The number of hydrogen-bond acceptors (Lipinski definition) is 4. The van der Waals surface area contributed by atoms with Crippen molar-refractivity contribution in [2.45, 2.75) is 13.5 Å². The van der Waals surface area contributed by atoms with Gasteiger partial charge in [-0.25, -0.2) is 4.98 Å². The molecule has 0 fully saturated rings. The number of benzene rings is 2. The molecule has 0 aliphatic carbocycles. The molecule has 1 N–H and O–H groups in total. The number of rotatable bonds is 2. The fraction of sp³-hybridized carbons (Fsp3) is 0.100. The first kappa shape index (κ1) is 17.2. The molecule has 1 aromatic heterocycles. The van der Waals surface area contributed by atoms with Crippen LogP contribution in [0.2, 0.25) is 5.02 Å². The minimum absolute atomic E-state index is 0.184. The Morgan fingerprint density at radius 3 is 2.52 bits per heavy atom. The first-order chi connectivity index (χ1) is 13.1. The van der Waals surface area contributed by atoms with Gasteiger partial charge in [-0.2, -0.15) is 0 Å². The van der Waals surface area contributed by atoms with Gasteiger partial charge in [-0.15, -0.1) is 0 Å². The molecule has 0 atom stereocenters. The topological polar surface area (TPSA) is 76.3 Å². The molecule has 6 nitrogen and oxygen atoms in total. The zero-order chi connectivity index (χ0) is 19.0. The smallest absolute Gasteiger partial charge is 0.278 e. The maximum Gasteiger partial charge on any atom is 0.278 e. The standard InChI is InChI=1S/C20H15ClN4O2/c1-12(26)24-20(27)19-17-10-22-18(13-6-2-4-8-15(13)21)14-7-3-5-9-16(14)25(17)11-23-19/h2-9,11H,10H2,1H3,(H,24,26,27). The highest BCUT2D eigenvalue weighted by Crippen LogP contribution is 2.28. The summed E-state index contributed by atoms with van der Waals surface area (Å²) in [6.07, 6.45) is 1.58. The van der Waals surface area contributed by atoms with E-state index in [0.717, 1.165) is 22.5 Å². The van der Waals surface area contributed by atoms with Crippen LogP contribution in [0.3, 0.4) is 0 Å². The van der Waals surface area contributed by atoms with Gasteiger partial charge in [0.25, 0.3) is 5.91 Å². The van der Waals surface area contributed by atoms with Crippen molar-refractivity contribution in [3.05, 3.63) is 82.4 Å². The predicted molar refractivity (Wildman–Crippen MR) is 103 cm³/mol. The van der Waals surface area contributed by atoms with Gasteiger partial charge in [0.05, 0.1) is 23.6 Å². The van der Waals surface area contributed by atoms with Gasteiger partial charge in [-0.05, 0) is 12.1 Å². The number of para-hydroxylation sites is 1. The highest BCUT2D eigenvalue weighted by molar-refractivity contribution is 6.35. The summed E-state index contributed by atoms with van der Waals surface area (Å²) in [5, 5.41) is 2.87. The number of nitrogens with zero attached hydrogens (tertiary/aromatic N) is 3. The van der Waals surface area contributed by atoms with E-state index in [0.29, 0.717) is 10.7 Å². The third-order valence-corrected chi connectivity index (χ3v) is 4.64. The van der Waals surface area contributed by atoms with Crippen molar-refractivity contribution < 1.29 is 9.59 Å². The van der Waals surface area contributed by atoms with Gasteiger partial charge in [-0.1, -0.05) is 48.0 Å². The van der Waals surface area contributed by atoms with Gasteiger partial charge in [-0.3, -0.25) is 24.5 Å². The van der Waals surface area contributed by atoms with E-state index in [1.54, 1.807) is 6.33 Å². The Morgan fingerprint density at radius 1 is 1.07 bits per heavy atom. The predicted octanol–water partition coefficient (Wildman–Crippen LogP) is 3.15. The quantitative estimate of drug-likeness (QED) is 0.744. The zero-order valence-electron chi connectivity index (χ0n) is 14.4. The molecule has 0 radical (unpaired) electrons. The van der Waals surface area contributed by atoms with Gasteiger partial charge in [0.15, 0.2) is 5.69 Å². The summed E-state index contributed by atoms with van der Waals surface area (Å²) in [6.45, 7) is 1.52. The molecule has 4 rings (SSSR count). The van der Waals surface area contributed by atoms with Crippen LogP contribution in [0.4, 0.5) is 0 Å². The fourth-order valence-corrected chi connectivity index (χ4v) is 3.37. The number of amides is 2.